The molecule has 0 radical (unpaired) electrons. The van der Waals surface area contributed by atoms with Crippen molar-refractivity contribution in [2.24, 2.45) is 0 Å². The lowest BCUT2D eigenvalue weighted by Crippen LogP contribution is -2.39. The van der Waals surface area contributed by atoms with Crippen molar-refractivity contribution >= 4 is 5.97 Å². The number of methoxy groups -OCH3 is 1. The van der Waals surface area contributed by atoms with E-state index in [1.54, 1.807) is 7.11 Å². The maximum absolute atomic E-state index is 12.2. The van der Waals surface area contributed by atoms with Crippen LogP contribution in [0.5, 0.6) is 5.75 Å². The van der Waals surface area contributed by atoms with Gasteiger partial charge in [-0.15, -0.1) is 0 Å². The van der Waals surface area contributed by atoms with Gasteiger partial charge in [-0.25, -0.2) is 0 Å². The van der Waals surface area contributed by atoms with Crippen LogP contribution in [0.1, 0.15) is 67.2 Å². The third-order valence-corrected chi connectivity index (χ3v) is 5.70. The number of hydrogen-bond donors (Lipinski definition) is 1. The standard InChI is InChI=1S/C19H26O3/c1-13-15-9-5-4-8-14(15)12-16(22-2)17(13)19(18(20)21)10-6-3-7-11-19/h12H,3-11H2,1-2H3,(H,20,21). The largest absolute Gasteiger partial charge is 0.496 e. The lowest BCUT2D eigenvalue weighted by atomic mass is 9.66. The molecule has 0 bridgehead atoms. The Morgan fingerprint density at radius 1 is 1.14 bits per heavy atom. The molecule has 0 heterocycles. The first kappa shape index (κ1) is 15.4. The monoisotopic (exact) mass is 302 g/mol. The van der Waals surface area contributed by atoms with E-state index in [1.165, 1.54) is 29.5 Å². The summed E-state index contributed by atoms with van der Waals surface area (Å²) in [7, 11) is 1.67. The molecule has 0 aromatic heterocycles. The molecule has 3 nitrogen and oxygen atoms in total. The molecule has 0 atom stereocenters. The highest BCUT2D eigenvalue weighted by atomic mass is 16.5. The Kier molecular flexibility index (Phi) is 4.16. The first-order valence-corrected chi connectivity index (χ1v) is 8.53. The van der Waals surface area contributed by atoms with E-state index in [1.807, 2.05) is 0 Å². The number of hydrogen-bond acceptors (Lipinski definition) is 2. The van der Waals surface area contributed by atoms with Crippen molar-refractivity contribution in [1.82, 2.24) is 0 Å². The summed E-state index contributed by atoms with van der Waals surface area (Å²) >= 11 is 0. The van der Waals surface area contributed by atoms with E-state index >= 15 is 0 Å². The zero-order chi connectivity index (χ0) is 15.7. The average Bonchev–Trinajstić information content (AvgIpc) is 2.55. The van der Waals surface area contributed by atoms with Gasteiger partial charge in [0.25, 0.3) is 0 Å². The van der Waals surface area contributed by atoms with Crippen molar-refractivity contribution < 1.29 is 14.6 Å². The fraction of sp³-hybridized carbons (Fsp3) is 0.632. The number of carboxylic acid groups (broad SMARTS) is 1. The van der Waals surface area contributed by atoms with Crippen molar-refractivity contribution in [3.05, 3.63) is 28.3 Å². The molecule has 22 heavy (non-hydrogen) atoms. The summed E-state index contributed by atoms with van der Waals surface area (Å²) in [6, 6.07) is 2.12. The second-order valence-electron chi connectivity index (χ2n) is 6.87. The number of carbonyl (C=O) groups is 1. The molecular formula is C19H26O3. The van der Waals surface area contributed by atoms with Crippen LogP contribution >= 0.6 is 0 Å². The number of aryl methyl sites for hydroxylation is 1. The average molecular weight is 302 g/mol. The van der Waals surface area contributed by atoms with E-state index in [0.717, 1.165) is 56.3 Å². The second kappa shape index (κ2) is 5.94. The Morgan fingerprint density at radius 2 is 1.82 bits per heavy atom. The zero-order valence-electron chi connectivity index (χ0n) is 13.7. The number of fused-ring (bicyclic) bond motifs is 1. The van der Waals surface area contributed by atoms with E-state index in [2.05, 4.69) is 13.0 Å². The third-order valence-electron chi connectivity index (χ3n) is 5.70. The van der Waals surface area contributed by atoms with Crippen LogP contribution in [0.15, 0.2) is 6.07 Å². The van der Waals surface area contributed by atoms with E-state index in [4.69, 9.17) is 4.74 Å². The van der Waals surface area contributed by atoms with E-state index in [0.29, 0.717) is 0 Å². The van der Waals surface area contributed by atoms with Crippen molar-refractivity contribution in [2.45, 2.75) is 70.1 Å². The van der Waals surface area contributed by atoms with Crippen LogP contribution in [-0.2, 0) is 23.1 Å². The lowest BCUT2D eigenvalue weighted by Gasteiger charge is -2.37. The second-order valence-corrected chi connectivity index (χ2v) is 6.87. The normalized spacial score (nSPS) is 20.3. The highest BCUT2D eigenvalue weighted by Gasteiger charge is 2.45. The lowest BCUT2D eigenvalue weighted by molar-refractivity contribution is -0.145. The highest BCUT2D eigenvalue weighted by Crippen LogP contribution is 2.47. The molecule has 3 rings (SSSR count). The summed E-state index contributed by atoms with van der Waals surface area (Å²) in [4.78, 5) is 12.2. The van der Waals surface area contributed by atoms with Crippen LogP contribution in [0.3, 0.4) is 0 Å². The Morgan fingerprint density at radius 3 is 2.45 bits per heavy atom. The van der Waals surface area contributed by atoms with Gasteiger partial charge in [0, 0.05) is 5.56 Å². The van der Waals surface area contributed by atoms with Gasteiger partial charge in [0.2, 0.25) is 0 Å². The minimum atomic E-state index is -0.750. The molecular weight excluding hydrogens is 276 g/mol. The highest BCUT2D eigenvalue weighted by molar-refractivity contribution is 5.84. The topological polar surface area (TPSA) is 46.5 Å². The summed E-state index contributed by atoms with van der Waals surface area (Å²) in [6.45, 7) is 2.11. The molecule has 0 spiro atoms. The zero-order valence-corrected chi connectivity index (χ0v) is 13.7. The van der Waals surface area contributed by atoms with Gasteiger partial charge >= 0.3 is 5.97 Å². The Bertz CT molecular complexity index is 583. The van der Waals surface area contributed by atoms with Gasteiger partial charge in [0.05, 0.1) is 12.5 Å². The molecule has 1 fully saturated rings. The van der Waals surface area contributed by atoms with Gasteiger partial charge in [-0.3, -0.25) is 4.79 Å². The molecule has 0 saturated heterocycles. The Hall–Kier alpha value is -1.51. The molecule has 1 aromatic rings. The van der Waals surface area contributed by atoms with Crippen molar-refractivity contribution in [3.63, 3.8) is 0 Å². The van der Waals surface area contributed by atoms with E-state index in [9.17, 15) is 9.90 Å². The summed E-state index contributed by atoms with van der Waals surface area (Å²) in [5, 5.41) is 10.0. The van der Waals surface area contributed by atoms with Crippen LogP contribution in [0.25, 0.3) is 0 Å². The summed E-state index contributed by atoms with van der Waals surface area (Å²) in [5.74, 6) is 0.117. The molecule has 0 amide bonds. The maximum Gasteiger partial charge on any atom is 0.314 e. The SMILES string of the molecule is COc1cc2c(c(C)c1C1(C(=O)O)CCCCC1)CCCC2. The maximum atomic E-state index is 12.2. The predicted molar refractivity (Wildman–Crippen MR) is 86.8 cm³/mol. The van der Waals surface area contributed by atoms with Crippen molar-refractivity contribution in [3.8, 4) is 5.75 Å². The molecule has 3 heteroatoms. The van der Waals surface area contributed by atoms with Gasteiger partial charge in [0.15, 0.2) is 0 Å². The molecule has 1 N–H and O–H groups in total. The summed E-state index contributed by atoms with van der Waals surface area (Å²) < 4.78 is 5.66. The van der Waals surface area contributed by atoms with Gasteiger partial charge < -0.3 is 9.84 Å². The Balaban J connectivity index is 2.21. The minimum absolute atomic E-state index is 0.677. The first-order valence-electron chi connectivity index (χ1n) is 8.53. The molecule has 0 unspecified atom stereocenters. The van der Waals surface area contributed by atoms with Crippen LogP contribution in [0, 0.1) is 6.92 Å². The fourth-order valence-electron chi connectivity index (χ4n) is 4.56. The number of benzene rings is 1. The quantitative estimate of drug-likeness (QED) is 0.911. The van der Waals surface area contributed by atoms with Crippen LogP contribution in [0.2, 0.25) is 0 Å². The molecule has 1 aromatic carbocycles. The summed E-state index contributed by atoms with van der Waals surface area (Å²) in [5.41, 5.74) is 4.13. The first-order chi connectivity index (χ1) is 10.6. The van der Waals surface area contributed by atoms with E-state index in [-0.39, 0.29) is 0 Å². The fourth-order valence-corrected chi connectivity index (χ4v) is 4.56. The molecule has 1 saturated carbocycles. The Labute approximate surface area is 132 Å². The summed E-state index contributed by atoms with van der Waals surface area (Å²) in [6.07, 6.45) is 9.19. The number of ether oxygens (including phenoxy) is 1. The number of carboxylic acids is 1. The van der Waals surface area contributed by atoms with E-state index < -0.39 is 11.4 Å². The van der Waals surface area contributed by atoms with Gasteiger partial charge in [-0.05, 0) is 68.2 Å². The van der Waals surface area contributed by atoms with Gasteiger partial charge in [0.1, 0.15) is 5.75 Å². The van der Waals surface area contributed by atoms with Gasteiger partial charge in [-0.1, -0.05) is 19.3 Å². The van der Waals surface area contributed by atoms with Gasteiger partial charge in [-0.2, -0.15) is 0 Å². The third kappa shape index (κ3) is 2.31. The van der Waals surface area contributed by atoms with Crippen LogP contribution in [-0.4, -0.2) is 18.2 Å². The smallest absolute Gasteiger partial charge is 0.314 e. The predicted octanol–water partition coefficient (Wildman–Crippen LogP) is 4.17. The van der Waals surface area contributed by atoms with Crippen molar-refractivity contribution in [2.75, 3.05) is 7.11 Å². The van der Waals surface area contributed by atoms with Crippen LogP contribution < -0.4 is 4.74 Å². The van der Waals surface area contributed by atoms with Crippen molar-refractivity contribution in [1.29, 1.82) is 0 Å². The molecule has 2 aliphatic carbocycles. The molecule has 120 valence electrons. The molecule has 0 aliphatic heterocycles. The molecule has 2 aliphatic rings. The number of aliphatic carboxylic acids is 1. The number of rotatable bonds is 3. The van der Waals surface area contributed by atoms with Crippen LogP contribution in [0.4, 0.5) is 0 Å². The minimum Gasteiger partial charge on any atom is -0.496 e.